The summed E-state index contributed by atoms with van der Waals surface area (Å²) in [6, 6.07) is 10.2. The number of pyridine rings is 1. The first kappa shape index (κ1) is 18.2. The van der Waals surface area contributed by atoms with Crippen molar-refractivity contribution in [2.45, 2.75) is 27.8 Å². The summed E-state index contributed by atoms with van der Waals surface area (Å²) in [5.41, 5.74) is 2.22. The van der Waals surface area contributed by atoms with Crippen molar-refractivity contribution in [3.05, 3.63) is 42.1 Å². The number of hydrogen-bond donors (Lipinski definition) is 1. The Morgan fingerprint density at radius 2 is 1.96 bits per heavy atom. The van der Waals surface area contributed by atoms with Crippen LogP contribution in [0.1, 0.15) is 18.9 Å². The number of carbonyl (C=O) groups is 1. The Kier molecular flexibility index (Phi) is 6.66. The molecule has 3 aromatic rings. The molecule has 0 fully saturated rings. The van der Waals surface area contributed by atoms with E-state index >= 15 is 0 Å². The number of benzene rings is 1. The first-order chi connectivity index (χ1) is 12.3. The fourth-order valence-corrected chi connectivity index (χ4v) is 5.02. The molecule has 0 spiro atoms. The molecule has 2 heterocycles. The predicted octanol–water partition coefficient (Wildman–Crippen LogP) is 4.00. The Balaban J connectivity index is 1.55. The van der Waals surface area contributed by atoms with Crippen LogP contribution in [0.4, 0.5) is 0 Å². The molecule has 25 heavy (non-hydrogen) atoms. The largest absolute Gasteiger partial charge is 0.355 e. The molecule has 0 atom stereocenters. The summed E-state index contributed by atoms with van der Waals surface area (Å²) in [4.78, 5) is 16.1. The second kappa shape index (κ2) is 9.17. The van der Waals surface area contributed by atoms with Gasteiger partial charge in [0.25, 0.3) is 0 Å². The van der Waals surface area contributed by atoms with Gasteiger partial charge in [-0.2, -0.15) is 0 Å². The van der Waals surface area contributed by atoms with E-state index in [0.29, 0.717) is 5.75 Å². The molecule has 1 N–H and O–H groups in total. The van der Waals surface area contributed by atoms with Crippen LogP contribution in [0.3, 0.4) is 0 Å². The molecule has 0 aliphatic rings. The number of hydrogen-bond acceptors (Lipinski definition) is 7. The monoisotopic (exact) mass is 390 g/mol. The zero-order valence-electron chi connectivity index (χ0n) is 13.8. The van der Waals surface area contributed by atoms with Crippen LogP contribution >= 0.6 is 34.9 Å². The summed E-state index contributed by atoms with van der Waals surface area (Å²) >= 11 is 4.61. The normalized spacial score (nSPS) is 10.9. The summed E-state index contributed by atoms with van der Waals surface area (Å²) in [6.07, 6.45) is 2.76. The van der Waals surface area contributed by atoms with Crippen LogP contribution in [-0.4, -0.2) is 33.4 Å². The molecule has 0 aliphatic heterocycles. The lowest BCUT2D eigenvalue weighted by molar-refractivity contribution is -0.118. The van der Waals surface area contributed by atoms with Crippen LogP contribution in [0.5, 0.6) is 0 Å². The molecular formula is C17H18N4OS3. The number of aromatic nitrogens is 3. The van der Waals surface area contributed by atoms with Crippen LogP contribution in [0.15, 0.2) is 45.2 Å². The second-order valence-corrected chi connectivity index (χ2v) is 8.68. The molecular weight excluding hydrogens is 372 g/mol. The maximum atomic E-state index is 11.6. The number of carbonyl (C=O) groups excluding carboxylic acids is 1. The standard InChI is InChI=1S/C17H18N4OS3/c1-2-8-18-14(22)11-24-17-21-20-16(25-17)23-10-13-6-3-5-12-7-4-9-19-15(12)13/h3-7,9H,2,8,10-11H2,1H3,(H,18,22). The third-order valence-corrected chi connectivity index (χ3v) is 6.59. The number of nitrogens with zero attached hydrogens (tertiary/aromatic N) is 3. The molecule has 0 radical (unpaired) electrons. The van der Waals surface area contributed by atoms with Crippen LogP contribution in [-0.2, 0) is 10.5 Å². The third-order valence-electron chi connectivity index (χ3n) is 3.35. The second-order valence-electron chi connectivity index (χ2n) is 5.25. The van der Waals surface area contributed by atoms with Gasteiger partial charge in [-0.05, 0) is 18.1 Å². The highest BCUT2D eigenvalue weighted by Gasteiger charge is 2.09. The Labute approximate surface area is 159 Å². The Morgan fingerprint density at radius 3 is 2.80 bits per heavy atom. The minimum atomic E-state index is 0.0399. The topological polar surface area (TPSA) is 67.8 Å². The number of para-hydroxylation sites is 1. The minimum Gasteiger partial charge on any atom is -0.355 e. The number of fused-ring (bicyclic) bond motifs is 1. The summed E-state index contributed by atoms with van der Waals surface area (Å²) in [5, 5.41) is 12.4. The van der Waals surface area contributed by atoms with Gasteiger partial charge < -0.3 is 5.32 Å². The molecule has 0 saturated carbocycles. The van der Waals surface area contributed by atoms with E-state index in [4.69, 9.17) is 0 Å². The molecule has 8 heteroatoms. The fourth-order valence-electron chi connectivity index (χ4n) is 2.18. The van der Waals surface area contributed by atoms with Crippen molar-refractivity contribution in [1.29, 1.82) is 0 Å². The number of thioether (sulfide) groups is 2. The molecule has 0 aliphatic carbocycles. The first-order valence-corrected chi connectivity index (χ1v) is 10.7. The lowest BCUT2D eigenvalue weighted by Crippen LogP contribution is -2.25. The van der Waals surface area contributed by atoms with Crippen LogP contribution in [0.25, 0.3) is 10.9 Å². The van der Waals surface area contributed by atoms with Gasteiger partial charge in [0.15, 0.2) is 8.68 Å². The summed E-state index contributed by atoms with van der Waals surface area (Å²) in [6.45, 7) is 2.75. The van der Waals surface area contributed by atoms with Gasteiger partial charge in [-0.1, -0.05) is 66.0 Å². The molecule has 3 rings (SSSR count). The van der Waals surface area contributed by atoms with Crippen LogP contribution < -0.4 is 5.32 Å². The zero-order chi connectivity index (χ0) is 17.5. The highest BCUT2D eigenvalue weighted by Crippen LogP contribution is 2.31. The maximum Gasteiger partial charge on any atom is 0.230 e. The zero-order valence-corrected chi connectivity index (χ0v) is 16.2. The van der Waals surface area contributed by atoms with Crippen molar-refractivity contribution < 1.29 is 4.79 Å². The highest BCUT2D eigenvalue weighted by molar-refractivity contribution is 8.03. The van der Waals surface area contributed by atoms with Gasteiger partial charge in [0, 0.05) is 23.9 Å². The molecule has 1 aromatic carbocycles. The number of nitrogens with one attached hydrogen (secondary N) is 1. The van der Waals surface area contributed by atoms with Gasteiger partial charge in [-0.15, -0.1) is 10.2 Å². The molecule has 0 bridgehead atoms. The summed E-state index contributed by atoms with van der Waals surface area (Å²) in [7, 11) is 0. The quantitative estimate of drug-likeness (QED) is 0.587. The van der Waals surface area contributed by atoms with Gasteiger partial charge in [0.2, 0.25) is 5.91 Å². The summed E-state index contributed by atoms with van der Waals surface area (Å²) in [5.74, 6) is 1.22. The van der Waals surface area contributed by atoms with E-state index < -0.39 is 0 Å². The minimum absolute atomic E-state index is 0.0399. The van der Waals surface area contributed by atoms with Crippen LogP contribution in [0.2, 0.25) is 0 Å². The Hall–Kier alpha value is -1.64. The Bertz CT molecular complexity index is 847. The highest BCUT2D eigenvalue weighted by atomic mass is 32.2. The van der Waals surface area contributed by atoms with Gasteiger partial charge >= 0.3 is 0 Å². The van der Waals surface area contributed by atoms with Gasteiger partial charge in [-0.3, -0.25) is 9.78 Å². The average Bonchev–Trinajstić information content (AvgIpc) is 3.11. The van der Waals surface area contributed by atoms with Gasteiger partial charge in [0.1, 0.15) is 0 Å². The van der Waals surface area contributed by atoms with Crippen molar-refractivity contribution in [2.24, 2.45) is 0 Å². The van der Waals surface area contributed by atoms with Crippen molar-refractivity contribution in [3.8, 4) is 0 Å². The fraction of sp³-hybridized carbons (Fsp3) is 0.294. The predicted molar refractivity (Wildman–Crippen MR) is 105 cm³/mol. The van der Waals surface area contributed by atoms with Crippen molar-refractivity contribution in [2.75, 3.05) is 12.3 Å². The average molecular weight is 391 g/mol. The van der Waals surface area contributed by atoms with E-state index in [9.17, 15) is 4.79 Å². The molecule has 2 aromatic heterocycles. The first-order valence-electron chi connectivity index (χ1n) is 7.94. The SMILES string of the molecule is CCCNC(=O)CSc1nnc(SCc2cccc3cccnc23)s1. The molecule has 1 amide bonds. The maximum absolute atomic E-state index is 11.6. The number of amides is 1. The third kappa shape index (κ3) is 5.17. The molecule has 130 valence electrons. The number of rotatable bonds is 8. The Morgan fingerprint density at radius 1 is 1.16 bits per heavy atom. The lowest BCUT2D eigenvalue weighted by Gasteiger charge is -2.03. The van der Waals surface area contributed by atoms with E-state index in [2.05, 4.69) is 44.8 Å². The molecule has 0 saturated heterocycles. The van der Waals surface area contributed by atoms with E-state index in [1.165, 1.54) is 28.7 Å². The van der Waals surface area contributed by atoms with Gasteiger partial charge in [-0.25, -0.2) is 0 Å². The lowest BCUT2D eigenvalue weighted by atomic mass is 10.1. The van der Waals surface area contributed by atoms with Crippen molar-refractivity contribution in [3.63, 3.8) is 0 Å². The molecule has 5 nitrogen and oxygen atoms in total. The van der Waals surface area contributed by atoms with E-state index in [-0.39, 0.29) is 5.91 Å². The van der Waals surface area contributed by atoms with Crippen LogP contribution in [0, 0.1) is 0 Å². The smallest absolute Gasteiger partial charge is 0.230 e. The van der Waals surface area contributed by atoms with Crippen molar-refractivity contribution >= 4 is 51.7 Å². The molecule has 0 unspecified atom stereocenters. The van der Waals surface area contributed by atoms with E-state index in [1.807, 2.05) is 19.2 Å². The van der Waals surface area contributed by atoms with Crippen molar-refractivity contribution in [1.82, 2.24) is 20.5 Å². The van der Waals surface area contributed by atoms with E-state index in [0.717, 1.165) is 38.3 Å². The van der Waals surface area contributed by atoms with E-state index in [1.54, 1.807) is 11.8 Å². The van der Waals surface area contributed by atoms with Gasteiger partial charge in [0.05, 0.1) is 11.3 Å². The summed E-state index contributed by atoms with van der Waals surface area (Å²) < 4.78 is 1.73.